The van der Waals surface area contributed by atoms with Gasteiger partial charge in [-0.2, -0.15) is 0 Å². The van der Waals surface area contributed by atoms with Crippen molar-refractivity contribution in [3.63, 3.8) is 0 Å². The fourth-order valence-corrected chi connectivity index (χ4v) is 2.45. The highest BCUT2D eigenvalue weighted by atomic mass is 35.5. The fraction of sp³-hybridized carbons (Fsp3) is 0.0625. The number of benzene rings is 1. The van der Waals surface area contributed by atoms with Gasteiger partial charge in [-0.05, 0) is 30.4 Å². The Bertz CT molecular complexity index is 790. The number of fused-ring (bicyclic) bond motifs is 1. The number of pyridine rings is 1. The highest BCUT2D eigenvalue weighted by Gasteiger charge is 2.17. The molecule has 4 heteroatoms. The summed E-state index contributed by atoms with van der Waals surface area (Å²) < 4.78 is 0. The lowest BCUT2D eigenvalue weighted by molar-refractivity contribution is -0.114. The molecule has 20 heavy (non-hydrogen) atoms. The number of allylic oxidation sites excluding steroid dienone is 4. The summed E-state index contributed by atoms with van der Waals surface area (Å²) in [7, 11) is 0. The first-order valence-corrected chi connectivity index (χ1v) is 6.52. The average molecular weight is 284 g/mol. The molecule has 2 aromatic rings. The molecule has 1 heterocycles. The van der Waals surface area contributed by atoms with Crippen molar-refractivity contribution in [3.05, 3.63) is 64.8 Å². The topological polar surface area (TPSA) is 47.0 Å². The van der Waals surface area contributed by atoms with Crippen molar-refractivity contribution in [2.45, 2.75) is 6.42 Å². The summed E-state index contributed by atoms with van der Waals surface area (Å²) in [6.45, 7) is 0. The van der Waals surface area contributed by atoms with E-state index >= 15 is 0 Å². The zero-order valence-electron chi connectivity index (χ0n) is 10.5. The van der Waals surface area contributed by atoms with Crippen LogP contribution in [0.15, 0.2) is 54.3 Å². The molecule has 0 fully saturated rings. The lowest BCUT2D eigenvalue weighted by atomic mass is 9.95. The predicted octanol–water partition coefficient (Wildman–Crippen LogP) is 3.07. The Balaban J connectivity index is 2.09. The van der Waals surface area contributed by atoms with Gasteiger partial charge in [0.1, 0.15) is 0 Å². The van der Waals surface area contributed by atoms with Crippen molar-refractivity contribution in [3.8, 4) is 0 Å². The van der Waals surface area contributed by atoms with Crippen LogP contribution in [0.2, 0.25) is 5.02 Å². The van der Waals surface area contributed by atoms with Gasteiger partial charge in [0.05, 0.1) is 5.52 Å². The van der Waals surface area contributed by atoms with Crippen molar-refractivity contribution < 1.29 is 9.59 Å². The fourth-order valence-electron chi connectivity index (χ4n) is 2.23. The monoisotopic (exact) mass is 283 g/mol. The molecule has 1 aromatic carbocycles. The molecule has 0 aliphatic heterocycles. The van der Waals surface area contributed by atoms with E-state index in [1.54, 1.807) is 12.3 Å². The summed E-state index contributed by atoms with van der Waals surface area (Å²) in [5.74, 6) is -0.336. The van der Waals surface area contributed by atoms with E-state index < -0.39 is 0 Å². The number of hydrogen-bond acceptors (Lipinski definition) is 3. The Kier molecular flexibility index (Phi) is 3.20. The molecule has 3 nitrogen and oxygen atoms in total. The molecule has 3 rings (SSSR count). The summed E-state index contributed by atoms with van der Waals surface area (Å²) in [6, 6.07) is 7.45. The number of nitrogens with zero attached hydrogens (tertiary/aromatic N) is 1. The van der Waals surface area contributed by atoms with Crippen LogP contribution in [0, 0.1) is 0 Å². The molecular weight excluding hydrogens is 274 g/mol. The summed E-state index contributed by atoms with van der Waals surface area (Å²) in [4.78, 5) is 27.5. The van der Waals surface area contributed by atoms with E-state index in [0.29, 0.717) is 17.0 Å². The van der Waals surface area contributed by atoms with Gasteiger partial charge in [0.15, 0.2) is 11.6 Å². The van der Waals surface area contributed by atoms with Gasteiger partial charge in [-0.15, -0.1) is 0 Å². The van der Waals surface area contributed by atoms with E-state index in [9.17, 15) is 9.59 Å². The molecule has 0 radical (unpaired) electrons. The van der Waals surface area contributed by atoms with Gasteiger partial charge in [-0.1, -0.05) is 23.7 Å². The highest BCUT2D eigenvalue weighted by Crippen LogP contribution is 2.27. The standard InChI is InChI=1S/C16H10ClNO2/c17-14-5-3-10-2-1-7-18-16(10)13(14)9-11-8-12(19)4-6-15(11)20/h1-8H,9H2. The van der Waals surface area contributed by atoms with Crippen molar-refractivity contribution >= 4 is 34.1 Å². The van der Waals surface area contributed by atoms with Crippen molar-refractivity contribution in [2.75, 3.05) is 0 Å². The van der Waals surface area contributed by atoms with Crippen LogP contribution in [0.4, 0.5) is 0 Å². The third-order valence-electron chi connectivity index (χ3n) is 3.22. The van der Waals surface area contributed by atoms with E-state index in [1.165, 1.54) is 18.2 Å². The Labute approximate surface area is 120 Å². The second-order valence-electron chi connectivity index (χ2n) is 4.55. The summed E-state index contributed by atoms with van der Waals surface area (Å²) in [6.07, 6.45) is 5.92. The van der Waals surface area contributed by atoms with Crippen LogP contribution in [0.1, 0.15) is 5.56 Å². The van der Waals surface area contributed by atoms with E-state index in [2.05, 4.69) is 4.98 Å². The number of carbonyl (C=O) groups excluding carboxylic acids is 2. The number of ketones is 2. The zero-order valence-corrected chi connectivity index (χ0v) is 11.2. The first-order valence-electron chi connectivity index (χ1n) is 6.14. The van der Waals surface area contributed by atoms with Crippen LogP contribution in [-0.2, 0) is 16.0 Å². The number of rotatable bonds is 2. The quantitative estimate of drug-likeness (QED) is 0.796. The third kappa shape index (κ3) is 2.28. The zero-order chi connectivity index (χ0) is 14.1. The first kappa shape index (κ1) is 12.8. The molecule has 1 aliphatic carbocycles. The maximum atomic E-state index is 11.8. The number of halogens is 1. The van der Waals surface area contributed by atoms with E-state index in [-0.39, 0.29) is 11.6 Å². The largest absolute Gasteiger partial charge is 0.290 e. The first-order chi connectivity index (χ1) is 9.65. The molecule has 0 atom stereocenters. The Morgan fingerprint density at radius 1 is 1.10 bits per heavy atom. The number of hydrogen-bond donors (Lipinski definition) is 0. The maximum absolute atomic E-state index is 11.8. The van der Waals surface area contributed by atoms with Gasteiger partial charge in [0.25, 0.3) is 0 Å². The molecule has 0 N–H and O–H groups in total. The molecule has 0 saturated carbocycles. The minimum atomic E-state index is -0.177. The predicted molar refractivity (Wildman–Crippen MR) is 77.7 cm³/mol. The minimum Gasteiger partial charge on any atom is -0.290 e. The van der Waals surface area contributed by atoms with Crippen LogP contribution >= 0.6 is 11.6 Å². The smallest absolute Gasteiger partial charge is 0.182 e. The Morgan fingerprint density at radius 2 is 1.95 bits per heavy atom. The molecule has 0 spiro atoms. The molecular formula is C16H10ClNO2. The van der Waals surface area contributed by atoms with E-state index in [1.807, 2.05) is 18.2 Å². The highest BCUT2D eigenvalue weighted by molar-refractivity contribution is 6.32. The van der Waals surface area contributed by atoms with Crippen LogP contribution in [-0.4, -0.2) is 16.6 Å². The Hall–Kier alpha value is -2.26. The van der Waals surface area contributed by atoms with E-state index in [4.69, 9.17) is 11.6 Å². The molecule has 0 amide bonds. The second-order valence-corrected chi connectivity index (χ2v) is 4.95. The second kappa shape index (κ2) is 5.02. The lowest BCUT2D eigenvalue weighted by Crippen LogP contribution is -2.10. The normalized spacial score (nSPS) is 14.8. The molecule has 98 valence electrons. The SMILES string of the molecule is O=C1C=CC(=O)C(Cc2c(Cl)ccc3cccnc23)=C1. The van der Waals surface area contributed by atoms with Crippen LogP contribution in [0.3, 0.4) is 0 Å². The number of carbonyl (C=O) groups is 2. The summed E-state index contributed by atoms with van der Waals surface area (Å²) in [5.41, 5.74) is 1.97. The average Bonchev–Trinajstić information content (AvgIpc) is 2.46. The summed E-state index contributed by atoms with van der Waals surface area (Å²) in [5, 5.41) is 1.50. The minimum absolute atomic E-state index is 0.159. The van der Waals surface area contributed by atoms with Gasteiger partial charge in [0.2, 0.25) is 0 Å². The van der Waals surface area contributed by atoms with Crippen LogP contribution < -0.4 is 0 Å². The van der Waals surface area contributed by atoms with Gasteiger partial charge < -0.3 is 0 Å². The van der Waals surface area contributed by atoms with Crippen molar-refractivity contribution in [1.29, 1.82) is 0 Å². The lowest BCUT2D eigenvalue weighted by Gasteiger charge is -2.11. The molecule has 1 aliphatic rings. The molecule has 0 unspecified atom stereocenters. The molecule has 0 bridgehead atoms. The molecule has 1 aromatic heterocycles. The van der Waals surface area contributed by atoms with Crippen LogP contribution in [0.5, 0.6) is 0 Å². The number of aromatic nitrogens is 1. The maximum Gasteiger partial charge on any atom is 0.182 e. The Morgan fingerprint density at radius 3 is 2.80 bits per heavy atom. The third-order valence-corrected chi connectivity index (χ3v) is 3.58. The van der Waals surface area contributed by atoms with E-state index in [0.717, 1.165) is 16.5 Å². The van der Waals surface area contributed by atoms with Gasteiger partial charge in [0, 0.05) is 34.2 Å². The van der Waals surface area contributed by atoms with Gasteiger partial charge in [-0.25, -0.2) is 0 Å². The van der Waals surface area contributed by atoms with Gasteiger partial charge >= 0.3 is 0 Å². The van der Waals surface area contributed by atoms with Gasteiger partial charge in [-0.3, -0.25) is 14.6 Å². The van der Waals surface area contributed by atoms with Crippen molar-refractivity contribution in [1.82, 2.24) is 4.98 Å². The van der Waals surface area contributed by atoms with Crippen molar-refractivity contribution in [2.24, 2.45) is 0 Å². The summed E-state index contributed by atoms with van der Waals surface area (Å²) >= 11 is 6.23. The molecule has 0 saturated heterocycles. The van der Waals surface area contributed by atoms with Crippen LogP contribution in [0.25, 0.3) is 10.9 Å².